The van der Waals surface area contributed by atoms with Crippen molar-refractivity contribution >= 4 is 34.4 Å². The number of aromatic nitrogens is 5. The van der Waals surface area contributed by atoms with E-state index in [-0.39, 0.29) is 12.1 Å². The Kier molecular flexibility index (Phi) is 5.47. The Morgan fingerprint density at radius 1 is 1.19 bits per heavy atom. The number of benzene rings is 1. The summed E-state index contributed by atoms with van der Waals surface area (Å²) in [4.78, 5) is 35.2. The Morgan fingerprint density at radius 2 is 2.00 bits per heavy atom. The van der Waals surface area contributed by atoms with Crippen molar-refractivity contribution < 1.29 is 19.4 Å². The van der Waals surface area contributed by atoms with E-state index in [0.29, 0.717) is 28.3 Å². The number of carbonyl (C=O) groups excluding carboxylic acids is 1. The number of ether oxygens (including phenoxy) is 1. The van der Waals surface area contributed by atoms with Crippen LogP contribution < -0.4 is 15.4 Å². The molecule has 0 aliphatic rings. The Hall–Kier alpha value is -4.41. The van der Waals surface area contributed by atoms with E-state index in [1.54, 1.807) is 42.6 Å². The number of amides is 1. The number of methoxy groups -OCH3 is 1. The van der Waals surface area contributed by atoms with Crippen LogP contribution in [0.5, 0.6) is 5.88 Å². The van der Waals surface area contributed by atoms with Gasteiger partial charge in [0.1, 0.15) is 23.5 Å². The van der Waals surface area contributed by atoms with Crippen molar-refractivity contribution in [3.8, 4) is 5.88 Å². The van der Waals surface area contributed by atoms with Crippen molar-refractivity contribution in [2.75, 3.05) is 12.4 Å². The molecule has 0 spiro atoms. The lowest BCUT2D eigenvalue weighted by Crippen LogP contribution is -2.31. The summed E-state index contributed by atoms with van der Waals surface area (Å²) in [5.74, 6) is -0.430. The zero-order valence-electron chi connectivity index (χ0n) is 16.4. The number of fused-ring (bicyclic) bond motifs is 1. The number of nitrogens with zero attached hydrogens (tertiary/aromatic N) is 3. The molecule has 0 bridgehead atoms. The standard InChI is InChI=1S/C20H19N7O4/c1-31-16-9-15(26-27-16)24-12-4-2-11(3-5-12)14(8-17(28)29)25-20(30)18-13-6-7-21-19(13)23-10-22-18/h2-7,9-10,14H,8H2,1H3,(H,25,30)(H,28,29)(H,21,22,23)(H2,24,26,27)/t14-/m1/s1. The molecule has 0 fully saturated rings. The quantitative estimate of drug-likeness (QED) is 0.290. The number of nitrogens with one attached hydrogen (secondary N) is 4. The minimum absolute atomic E-state index is 0.174. The van der Waals surface area contributed by atoms with E-state index in [0.717, 1.165) is 5.69 Å². The topological polar surface area (TPSA) is 158 Å². The molecule has 1 amide bonds. The first-order valence-electron chi connectivity index (χ1n) is 9.30. The second kappa shape index (κ2) is 8.53. The van der Waals surface area contributed by atoms with Crippen molar-refractivity contribution in [2.24, 2.45) is 0 Å². The Morgan fingerprint density at radius 3 is 2.71 bits per heavy atom. The first-order valence-corrected chi connectivity index (χ1v) is 9.30. The molecule has 5 N–H and O–H groups in total. The van der Waals surface area contributed by atoms with Gasteiger partial charge in [0.15, 0.2) is 0 Å². The molecule has 0 radical (unpaired) electrons. The van der Waals surface area contributed by atoms with Crippen molar-refractivity contribution in [3.63, 3.8) is 0 Å². The summed E-state index contributed by atoms with van der Waals surface area (Å²) in [5.41, 5.74) is 2.09. The van der Waals surface area contributed by atoms with Gasteiger partial charge in [-0.15, -0.1) is 5.10 Å². The molecule has 0 aliphatic heterocycles. The highest BCUT2D eigenvalue weighted by Gasteiger charge is 2.21. The average Bonchev–Trinajstić information content (AvgIpc) is 3.42. The molecule has 1 aromatic carbocycles. The largest absolute Gasteiger partial charge is 0.481 e. The summed E-state index contributed by atoms with van der Waals surface area (Å²) in [6.45, 7) is 0. The second-order valence-corrected chi connectivity index (χ2v) is 6.66. The normalized spacial score (nSPS) is 11.8. The molecule has 11 nitrogen and oxygen atoms in total. The number of aromatic amines is 2. The van der Waals surface area contributed by atoms with Crippen LogP contribution in [0.2, 0.25) is 0 Å². The van der Waals surface area contributed by atoms with Gasteiger partial charge in [-0.2, -0.15) is 0 Å². The van der Waals surface area contributed by atoms with Gasteiger partial charge in [0, 0.05) is 18.0 Å². The zero-order valence-corrected chi connectivity index (χ0v) is 16.4. The van der Waals surface area contributed by atoms with Crippen LogP contribution >= 0.6 is 0 Å². The van der Waals surface area contributed by atoms with E-state index >= 15 is 0 Å². The highest BCUT2D eigenvalue weighted by Crippen LogP contribution is 2.23. The number of carboxylic acids is 1. The Balaban J connectivity index is 1.52. The maximum atomic E-state index is 12.8. The number of carbonyl (C=O) groups is 2. The first-order chi connectivity index (χ1) is 15.0. The van der Waals surface area contributed by atoms with Crippen LogP contribution in [0.1, 0.15) is 28.5 Å². The Bertz CT molecular complexity index is 1220. The fourth-order valence-corrected chi connectivity index (χ4v) is 3.13. The smallest absolute Gasteiger partial charge is 0.305 e. The number of carboxylic acid groups (broad SMARTS) is 1. The monoisotopic (exact) mass is 421 g/mol. The maximum Gasteiger partial charge on any atom is 0.305 e. The molecule has 1 atom stereocenters. The number of aliphatic carboxylic acids is 1. The van der Waals surface area contributed by atoms with Crippen LogP contribution in [-0.2, 0) is 4.79 Å². The first kappa shape index (κ1) is 19.9. The van der Waals surface area contributed by atoms with Gasteiger partial charge in [-0.05, 0) is 23.8 Å². The molecule has 4 aromatic rings. The van der Waals surface area contributed by atoms with E-state index < -0.39 is 17.9 Å². The predicted molar refractivity (Wildman–Crippen MR) is 111 cm³/mol. The highest BCUT2D eigenvalue weighted by molar-refractivity contribution is 6.03. The van der Waals surface area contributed by atoms with Crippen LogP contribution in [0.15, 0.2) is 48.9 Å². The fourth-order valence-electron chi connectivity index (χ4n) is 3.13. The summed E-state index contributed by atoms with van der Waals surface area (Å²) < 4.78 is 5.03. The molecule has 11 heteroatoms. The lowest BCUT2D eigenvalue weighted by atomic mass is 10.0. The third-order valence-corrected chi connectivity index (χ3v) is 4.61. The Labute approximate surface area is 175 Å². The third-order valence-electron chi connectivity index (χ3n) is 4.61. The van der Waals surface area contributed by atoms with Gasteiger partial charge in [0.25, 0.3) is 5.91 Å². The van der Waals surface area contributed by atoms with E-state index in [9.17, 15) is 14.7 Å². The number of anilines is 2. The molecular weight excluding hydrogens is 402 g/mol. The molecule has 4 rings (SSSR count). The van der Waals surface area contributed by atoms with E-state index in [1.807, 2.05) is 0 Å². The van der Waals surface area contributed by atoms with Crippen molar-refractivity contribution in [3.05, 3.63) is 60.2 Å². The number of hydrogen-bond acceptors (Lipinski definition) is 7. The minimum atomic E-state index is -1.04. The lowest BCUT2D eigenvalue weighted by molar-refractivity contribution is -0.137. The maximum absolute atomic E-state index is 12.8. The van der Waals surface area contributed by atoms with Crippen LogP contribution in [-0.4, -0.2) is 49.2 Å². The van der Waals surface area contributed by atoms with Crippen LogP contribution in [0.3, 0.4) is 0 Å². The summed E-state index contributed by atoms with van der Waals surface area (Å²) >= 11 is 0. The van der Waals surface area contributed by atoms with E-state index in [2.05, 4.69) is 35.8 Å². The van der Waals surface area contributed by atoms with Crippen molar-refractivity contribution in [1.82, 2.24) is 30.5 Å². The predicted octanol–water partition coefficient (Wildman–Crippen LogP) is 2.38. The summed E-state index contributed by atoms with van der Waals surface area (Å²) in [6, 6.07) is 9.70. The van der Waals surface area contributed by atoms with Crippen molar-refractivity contribution in [2.45, 2.75) is 12.5 Å². The van der Waals surface area contributed by atoms with E-state index in [4.69, 9.17) is 4.74 Å². The molecule has 3 aromatic heterocycles. The van der Waals surface area contributed by atoms with E-state index in [1.165, 1.54) is 13.4 Å². The summed E-state index contributed by atoms with van der Waals surface area (Å²) in [6.07, 6.45) is 2.66. The third kappa shape index (κ3) is 4.45. The lowest BCUT2D eigenvalue weighted by Gasteiger charge is -2.18. The van der Waals surface area contributed by atoms with Crippen molar-refractivity contribution in [1.29, 1.82) is 0 Å². The van der Waals surface area contributed by atoms with Crippen LogP contribution in [0, 0.1) is 0 Å². The second-order valence-electron chi connectivity index (χ2n) is 6.66. The van der Waals surface area contributed by atoms with Gasteiger partial charge in [-0.3, -0.25) is 14.7 Å². The molecule has 158 valence electrons. The fraction of sp³-hybridized carbons (Fsp3) is 0.150. The molecule has 3 heterocycles. The van der Waals surface area contributed by atoms with Gasteiger partial charge in [0.05, 0.1) is 25.0 Å². The zero-order chi connectivity index (χ0) is 21.8. The number of rotatable bonds is 8. The molecule has 0 aliphatic carbocycles. The molecule has 31 heavy (non-hydrogen) atoms. The van der Waals surface area contributed by atoms with Gasteiger partial charge >= 0.3 is 5.97 Å². The van der Waals surface area contributed by atoms with Gasteiger partial charge < -0.3 is 25.5 Å². The number of H-pyrrole nitrogens is 2. The van der Waals surface area contributed by atoms with Crippen LogP contribution in [0.25, 0.3) is 11.0 Å². The van der Waals surface area contributed by atoms with Gasteiger partial charge in [-0.1, -0.05) is 12.1 Å². The summed E-state index contributed by atoms with van der Waals surface area (Å²) in [5, 5.41) is 22.5. The van der Waals surface area contributed by atoms with Gasteiger partial charge in [0.2, 0.25) is 5.88 Å². The SMILES string of the molecule is COc1cc(Nc2ccc([C@@H](CC(=O)O)NC(=O)c3ncnc4[nH]ccc34)cc2)[nH]n1. The average molecular weight is 421 g/mol. The molecule has 0 saturated carbocycles. The van der Waals surface area contributed by atoms with Gasteiger partial charge in [-0.25, -0.2) is 9.97 Å². The molecule has 0 saturated heterocycles. The number of hydrogen-bond donors (Lipinski definition) is 5. The minimum Gasteiger partial charge on any atom is -0.481 e. The summed E-state index contributed by atoms with van der Waals surface area (Å²) in [7, 11) is 1.52. The molecule has 0 unspecified atom stereocenters. The molecular formula is C20H19N7O4. The highest BCUT2D eigenvalue weighted by atomic mass is 16.5. The van der Waals surface area contributed by atoms with Crippen LogP contribution in [0.4, 0.5) is 11.5 Å².